The topological polar surface area (TPSA) is 92.7 Å². The molecule has 0 saturated heterocycles. The third-order valence-electron chi connectivity index (χ3n) is 6.81. The zero-order chi connectivity index (χ0) is 28.4. The predicted molar refractivity (Wildman–Crippen MR) is 138 cm³/mol. The van der Waals surface area contributed by atoms with Gasteiger partial charge in [0.2, 0.25) is 0 Å². The van der Waals surface area contributed by atoms with Gasteiger partial charge in [0.1, 0.15) is 11.5 Å². The van der Waals surface area contributed by atoms with Crippen LogP contribution in [-0.4, -0.2) is 20.3 Å². The Bertz CT molecular complexity index is 1660. The summed E-state index contributed by atoms with van der Waals surface area (Å²) in [5.41, 5.74) is -1.54. The van der Waals surface area contributed by atoms with Crippen molar-refractivity contribution in [2.45, 2.75) is 37.9 Å². The SMILES string of the molecule is N#Cc1cccc(-n2nc(C(F)(F)F)cc2C(=O)Nc2cc(C(CCC3CC3)n3ccccc3=O)ccc2F)c1. The number of alkyl halides is 3. The molecule has 2 heterocycles. The van der Waals surface area contributed by atoms with Crippen LogP contribution >= 0.6 is 0 Å². The van der Waals surface area contributed by atoms with Crippen molar-refractivity contribution in [2.24, 2.45) is 5.92 Å². The molecule has 1 atom stereocenters. The fourth-order valence-electron chi connectivity index (χ4n) is 4.58. The van der Waals surface area contributed by atoms with Crippen molar-refractivity contribution < 1.29 is 22.4 Å². The summed E-state index contributed by atoms with van der Waals surface area (Å²) in [4.78, 5) is 25.9. The number of hydrogen-bond donors (Lipinski definition) is 1. The molecule has 1 fully saturated rings. The second-order valence-corrected chi connectivity index (χ2v) is 9.66. The first-order valence-electron chi connectivity index (χ1n) is 12.6. The number of carbonyl (C=O) groups excluding carboxylic acids is 1. The smallest absolute Gasteiger partial charge is 0.318 e. The van der Waals surface area contributed by atoms with Crippen LogP contribution in [0.2, 0.25) is 0 Å². The van der Waals surface area contributed by atoms with Gasteiger partial charge >= 0.3 is 6.18 Å². The molecule has 204 valence electrons. The zero-order valence-corrected chi connectivity index (χ0v) is 21.0. The van der Waals surface area contributed by atoms with E-state index in [9.17, 15) is 32.4 Å². The van der Waals surface area contributed by atoms with Gasteiger partial charge in [-0.2, -0.15) is 23.5 Å². The van der Waals surface area contributed by atoms with Crippen LogP contribution < -0.4 is 10.9 Å². The largest absolute Gasteiger partial charge is 0.435 e. The molecule has 1 aliphatic rings. The average Bonchev–Trinajstić information content (AvgIpc) is 3.64. The molecule has 4 aromatic rings. The van der Waals surface area contributed by atoms with Gasteiger partial charge < -0.3 is 9.88 Å². The van der Waals surface area contributed by atoms with E-state index in [2.05, 4.69) is 10.4 Å². The van der Waals surface area contributed by atoms with Crippen molar-refractivity contribution in [3.8, 4) is 11.8 Å². The van der Waals surface area contributed by atoms with Gasteiger partial charge in [0, 0.05) is 18.3 Å². The first-order valence-corrected chi connectivity index (χ1v) is 12.6. The number of rotatable bonds is 8. The molecule has 11 heteroatoms. The molecule has 0 radical (unpaired) electrons. The molecule has 1 amide bonds. The summed E-state index contributed by atoms with van der Waals surface area (Å²) in [6.45, 7) is 0. The first kappa shape index (κ1) is 26.9. The van der Waals surface area contributed by atoms with Gasteiger partial charge in [-0.3, -0.25) is 9.59 Å². The van der Waals surface area contributed by atoms with E-state index < -0.39 is 35.3 Å². The van der Waals surface area contributed by atoms with Crippen molar-refractivity contribution >= 4 is 11.6 Å². The van der Waals surface area contributed by atoms with Crippen LogP contribution in [0.15, 0.2) is 77.7 Å². The highest BCUT2D eigenvalue weighted by atomic mass is 19.4. The lowest BCUT2D eigenvalue weighted by Gasteiger charge is -2.21. The lowest BCUT2D eigenvalue weighted by atomic mass is 9.99. The number of anilines is 1. The van der Waals surface area contributed by atoms with Crippen molar-refractivity contribution in [3.05, 3.63) is 112 Å². The standard InChI is InChI=1S/C29H23F4N5O2/c30-22-11-10-20(24(12-9-18-7-8-18)37-13-2-1-6-27(37)39)15-23(22)35-28(40)25-16-26(29(31,32)33)36-38(25)21-5-3-4-19(14-21)17-34/h1-6,10-11,13-16,18,24H,7-9,12H2,(H,35,40). The minimum absolute atomic E-state index is 0.0533. The van der Waals surface area contributed by atoms with Crippen molar-refractivity contribution in [1.29, 1.82) is 5.26 Å². The van der Waals surface area contributed by atoms with Gasteiger partial charge in [-0.15, -0.1) is 0 Å². The fourth-order valence-corrected chi connectivity index (χ4v) is 4.58. The van der Waals surface area contributed by atoms with Crippen molar-refractivity contribution in [1.82, 2.24) is 14.3 Å². The van der Waals surface area contributed by atoms with Crippen LogP contribution in [0.1, 0.15) is 59.0 Å². The Morgan fingerprint density at radius 1 is 1.10 bits per heavy atom. The zero-order valence-electron chi connectivity index (χ0n) is 21.0. The highest BCUT2D eigenvalue weighted by molar-refractivity contribution is 6.03. The lowest BCUT2D eigenvalue weighted by Crippen LogP contribution is -2.24. The highest BCUT2D eigenvalue weighted by Crippen LogP contribution is 2.37. The van der Waals surface area contributed by atoms with E-state index >= 15 is 0 Å². The third-order valence-corrected chi connectivity index (χ3v) is 6.81. The maximum Gasteiger partial charge on any atom is 0.435 e. The Labute approximate surface area is 226 Å². The van der Waals surface area contributed by atoms with Crippen LogP contribution in [0.3, 0.4) is 0 Å². The Kier molecular flexibility index (Phi) is 7.26. The van der Waals surface area contributed by atoms with Crippen molar-refractivity contribution in [2.75, 3.05) is 5.32 Å². The molecule has 7 nitrogen and oxygen atoms in total. The Morgan fingerprint density at radius 3 is 2.60 bits per heavy atom. The number of pyridine rings is 1. The number of nitrogens with one attached hydrogen (secondary N) is 1. The monoisotopic (exact) mass is 549 g/mol. The number of nitriles is 1. The van der Waals surface area contributed by atoms with Crippen LogP contribution in [0.5, 0.6) is 0 Å². The molecule has 2 aromatic heterocycles. The van der Waals surface area contributed by atoms with Crippen LogP contribution in [-0.2, 0) is 6.18 Å². The molecule has 0 bridgehead atoms. The molecule has 1 N–H and O–H groups in total. The molecule has 5 rings (SSSR count). The second-order valence-electron chi connectivity index (χ2n) is 9.66. The second kappa shape index (κ2) is 10.8. The average molecular weight is 550 g/mol. The van der Waals surface area contributed by atoms with Crippen LogP contribution in [0.4, 0.5) is 23.2 Å². The van der Waals surface area contributed by atoms with Crippen LogP contribution in [0.25, 0.3) is 5.69 Å². The maximum absolute atomic E-state index is 14.9. The number of amides is 1. The molecule has 1 unspecified atom stereocenters. The molecule has 0 aliphatic heterocycles. The number of halogens is 4. The fraction of sp³-hybridized carbons (Fsp3) is 0.241. The molecular weight excluding hydrogens is 526 g/mol. The van der Waals surface area contributed by atoms with E-state index in [0.29, 0.717) is 24.0 Å². The van der Waals surface area contributed by atoms with E-state index in [1.807, 2.05) is 6.07 Å². The van der Waals surface area contributed by atoms with Crippen LogP contribution in [0, 0.1) is 23.1 Å². The summed E-state index contributed by atoms with van der Waals surface area (Å²) in [6, 6.07) is 16.5. The normalized spacial score (nSPS) is 14.0. The van der Waals surface area contributed by atoms with Gasteiger partial charge in [0.05, 0.1) is 29.0 Å². The van der Waals surface area contributed by atoms with E-state index in [-0.39, 0.29) is 22.5 Å². The summed E-state index contributed by atoms with van der Waals surface area (Å²) >= 11 is 0. The minimum atomic E-state index is -4.85. The first-order chi connectivity index (χ1) is 19.1. The maximum atomic E-state index is 14.9. The molecule has 0 spiro atoms. The summed E-state index contributed by atoms with van der Waals surface area (Å²) in [5.74, 6) is -1.26. The molecule has 40 heavy (non-hydrogen) atoms. The third kappa shape index (κ3) is 5.81. The Morgan fingerprint density at radius 2 is 1.90 bits per heavy atom. The Balaban J connectivity index is 1.50. The highest BCUT2D eigenvalue weighted by Gasteiger charge is 2.36. The van der Waals surface area contributed by atoms with E-state index in [0.717, 1.165) is 30.0 Å². The van der Waals surface area contributed by atoms with Crippen molar-refractivity contribution in [3.63, 3.8) is 0 Å². The van der Waals surface area contributed by atoms with Gasteiger partial charge in [-0.25, -0.2) is 9.07 Å². The molecular formula is C29H23F4N5O2. The predicted octanol–water partition coefficient (Wildman–Crippen LogP) is 6.10. The summed E-state index contributed by atoms with van der Waals surface area (Å²) < 4.78 is 57.8. The number of benzene rings is 2. The van der Waals surface area contributed by atoms with E-state index in [1.54, 1.807) is 22.9 Å². The molecule has 1 aliphatic carbocycles. The minimum Gasteiger partial charge on any atom is -0.318 e. The molecule has 2 aromatic carbocycles. The molecule has 1 saturated carbocycles. The van der Waals surface area contributed by atoms with E-state index in [1.165, 1.54) is 42.5 Å². The summed E-state index contributed by atoms with van der Waals surface area (Å²) in [5, 5.41) is 15.1. The quantitative estimate of drug-likeness (QED) is 0.269. The number of hydrogen-bond acceptors (Lipinski definition) is 4. The van der Waals surface area contributed by atoms with Gasteiger partial charge in [0.15, 0.2) is 5.69 Å². The van der Waals surface area contributed by atoms with Gasteiger partial charge in [-0.1, -0.05) is 31.0 Å². The lowest BCUT2D eigenvalue weighted by molar-refractivity contribution is -0.141. The number of aromatic nitrogens is 3. The summed E-state index contributed by atoms with van der Waals surface area (Å²) in [6.07, 6.45) is 0.513. The van der Waals surface area contributed by atoms with E-state index in [4.69, 9.17) is 0 Å². The Hall–Kier alpha value is -4.72. The van der Waals surface area contributed by atoms with Gasteiger partial charge in [-0.05, 0) is 60.7 Å². The number of nitrogens with zero attached hydrogens (tertiary/aromatic N) is 4. The van der Waals surface area contributed by atoms with Gasteiger partial charge in [0.25, 0.3) is 11.5 Å². The summed E-state index contributed by atoms with van der Waals surface area (Å²) in [7, 11) is 0. The number of carbonyl (C=O) groups is 1.